The van der Waals surface area contributed by atoms with E-state index in [9.17, 15) is 5.11 Å². The van der Waals surface area contributed by atoms with E-state index in [-0.39, 0.29) is 17.6 Å². The van der Waals surface area contributed by atoms with E-state index >= 15 is 0 Å². The topological polar surface area (TPSA) is 45.2 Å². The number of aliphatic hydroxyl groups excluding tert-OH is 1. The third kappa shape index (κ3) is 6.65. The summed E-state index contributed by atoms with van der Waals surface area (Å²) in [5.41, 5.74) is 3.80. The highest BCUT2D eigenvalue weighted by Crippen LogP contribution is 2.40. The van der Waals surface area contributed by atoms with Crippen molar-refractivity contribution < 1.29 is 14.6 Å². The molecule has 0 aromatic heterocycles. The molecule has 35 heavy (non-hydrogen) atoms. The number of hydrogen-bond donors (Lipinski definition) is 1. The Bertz CT molecular complexity index is 922. The Hall–Kier alpha value is -1.92. The number of likely N-dealkylation sites (tertiary alicyclic amines) is 1. The predicted octanol–water partition coefficient (Wildman–Crippen LogP) is 4.90. The predicted molar refractivity (Wildman–Crippen MR) is 142 cm³/mol. The fraction of sp³-hybridized carbons (Fsp3) is 0.600. The minimum absolute atomic E-state index is 0.0620. The van der Waals surface area contributed by atoms with Crippen molar-refractivity contribution in [3.8, 4) is 5.75 Å². The van der Waals surface area contributed by atoms with E-state index in [1.165, 1.54) is 16.7 Å². The first-order chi connectivity index (χ1) is 16.9. The van der Waals surface area contributed by atoms with Gasteiger partial charge in [-0.25, -0.2) is 0 Å². The molecule has 2 fully saturated rings. The number of rotatable bonds is 9. The molecule has 0 amide bonds. The number of hydrogen-bond acceptors (Lipinski definition) is 5. The molecule has 1 spiro atoms. The van der Waals surface area contributed by atoms with Crippen molar-refractivity contribution in [3.05, 3.63) is 65.2 Å². The van der Waals surface area contributed by atoms with Gasteiger partial charge >= 0.3 is 0 Å². The molecule has 0 bridgehead atoms. The highest BCUT2D eigenvalue weighted by atomic mass is 16.5. The van der Waals surface area contributed by atoms with E-state index in [4.69, 9.17) is 9.47 Å². The zero-order valence-electron chi connectivity index (χ0n) is 22.1. The first-order valence-electron chi connectivity index (χ1n) is 13.4. The van der Waals surface area contributed by atoms with Gasteiger partial charge < -0.3 is 19.5 Å². The van der Waals surface area contributed by atoms with Crippen LogP contribution in [0.2, 0.25) is 0 Å². The van der Waals surface area contributed by atoms with Crippen molar-refractivity contribution in [2.24, 2.45) is 5.92 Å². The highest BCUT2D eigenvalue weighted by molar-refractivity contribution is 5.38. The molecule has 2 aliphatic heterocycles. The lowest BCUT2D eigenvalue weighted by Crippen LogP contribution is -2.57. The summed E-state index contributed by atoms with van der Waals surface area (Å²) < 4.78 is 12.8. The number of piperidine rings is 1. The highest BCUT2D eigenvalue weighted by Gasteiger charge is 2.45. The molecule has 5 heteroatoms. The summed E-state index contributed by atoms with van der Waals surface area (Å²) >= 11 is 0. The summed E-state index contributed by atoms with van der Waals surface area (Å²) in [5, 5.41) is 10.3. The molecule has 1 unspecified atom stereocenters. The number of aryl methyl sites for hydroxylation is 1. The number of nitrogens with zero attached hydrogens (tertiary/aromatic N) is 2. The van der Waals surface area contributed by atoms with Crippen molar-refractivity contribution in [2.75, 3.05) is 33.8 Å². The van der Waals surface area contributed by atoms with Gasteiger partial charge in [-0.1, -0.05) is 55.8 Å². The SMILES string of the molecule is CCCc1ccc(OCc2ccccc2)c(CN2CCC3(CC2)C[C@H](N(C)C)C([C@H](C)O)CO3)c1. The Kier molecular flexibility index (Phi) is 8.87. The monoisotopic (exact) mass is 480 g/mol. The lowest BCUT2D eigenvalue weighted by atomic mass is 9.77. The van der Waals surface area contributed by atoms with Crippen LogP contribution in [-0.2, 0) is 24.3 Å². The molecule has 0 aliphatic carbocycles. The maximum atomic E-state index is 10.3. The quantitative estimate of drug-likeness (QED) is 0.553. The summed E-state index contributed by atoms with van der Waals surface area (Å²) in [5.74, 6) is 1.18. The van der Waals surface area contributed by atoms with Gasteiger partial charge in [0.05, 0.1) is 18.3 Å². The van der Waals surface area contributed by atoms with Crippen LogP contribution >= 0.6 is 0 Å². The normalized spacial score (nSPS) is 23.5. The van der Waals surface area contributed by atoms with E-state index < -0.39 is 0 Å². The Morgan fingerprint density at radius 2 is 1.86 bits per heavy atom. The standard InChI is InChI=1S/C30H44N2O3/c1-5-9-24-12-13-29(34-21-25-10-7-6-8-11-25)26(18-24)20-32-16-14-30(15-17-32)19-28(31(3)4)27(22-35-30)23(2)33/h6-8,10-13,18,23,27-28,33H,5,9,14-17,19-22H2,1-4H3/t23-,27?,28-/m0/s1. The molecule has 4 rings (SSSR count). The van der Waals surface area contributed by atoms with Crippen LogP contribution in [0.1, 0.15) is 56.2 Å². The fourth-order valence-electron chi connectivity index (χ4n) is 5.79. The third-order valence-corrected chi connectivity index (χ3v) is 8.00. The van der Waals surface area contributed by atoms with Gasteiger partial charge in [0.1, 0.15) is 12.4 Å². The van der Waals surface area contributed by atoms with Gasteiger partial charge in [-0.05, 0) is 63.9 Å². The van der Waals surface area contributed by atoms with Crippen LogP contribution in [0, 0.1) is 5.92 Å². The molecule has 192 valence electrons. The first kappa shape index (κ1) is 26.2. The molecular weight excluding hydrogens is 436 g/mol. The zero-order valence-corrected chi connectivity index (χ0v) is 22.1. The van der Waals surface area contributed by atoms with Crippen LogP contribution in [0.15, 0.2) is 48.5 Å². The zero-order chi connectivity index (χ0) is 24.8. The summed E-state index contributed by atoms with van der Waals surface area (Å²) in [7, 11) is 4.27. The van der Waals surface area contributed by atoms with Gasteiger partial charge in [0.25, 0.3) is 0 Å². The molecule has 2 aromatic rings. The van der Waals surface area contributed by atoms with Crippen LogP contribution in [0.25, 0.3) is 0 Å². The summed E-state index contributed by atoms with van der Waals surface area (Å²) in [6, 6.07) is 17.5. The molecule has 3 atom stereocenters. The van der Waals surface area contributed by atoms with Crippen molar-refractivity contribution in [3.63, 3.8) is 0 Å². The Labute approximate surface area is 212 Å². The lowest BCUT2D eigenvalue weighted by Gasteiger charge is -2.50. The van der Waals surface area contributed by atoms with E-state index in [1.54, 1.807) is 0 Å². The van der Waals surface area contributed by atoms with Gasteiger partial charge in [-0.2, -0.15) is 0 Å². The van der Waals surface area contributed by atoms with Crippen LogP contribution in [-0.4, -0.2) is 66.4 Å². The van der Waals surface area contributed by atoms with Crippen LogP contribution in [0.5, 0.6) is 5.75 Å². The molecule has 2 aliphatic rings. The van der Waals surface area contributed by atoms with Crippen molar-refractivity contribution in [2.45, 2.75) is 76.9 Å². The Morgan fingerprint density at radius 1 is 1.11 bits per heavy atom. The number of benzene rings is 2. The van der Waals surface area contributed by atoms with E-state index in [2.05, 4.69) is 73.3 Å². The number of ether oxygens (including phenoxy) is 2. The minimum atomic E-state index is -0.343. The van der Waals surface area contributed by atoms with Gasteiger partial charge in [-0.15, -0.1) is 0 Å². The molecule has 0 saturated carbocycles. The minimum Gasteiger partial charge on any atom is -0.489 e. The van der Waals surface area contributed by atoms with Gasteiger partial charge in [0.2, 0.25) is 0 Å². The van der Waals surface area contributed by atoms with Crippen molar-refractivity contribution in [1.29, 1.82) is 0 Å². The second-order valence-corrected chi connectivity index (χ2v) is 10.9. The summed E-state index contributed by atoms with van der Waals surface area (Å²) in [6.45, 7) is 8.33. The van der Waals surface area contributed by atoms with Gasteiger partial charge in [-0.3, -0.25) is 4.90 Å². The molecule has 1 N–H and O–H groups in total. The van der Waals surface area contributed by atoms with E-state index in [0.29, 0.717) is 19.3 Å². The van der Waals surface area contributed by atoms with Gasteiger partial charge in [0.15, 0.2) is 0 Å². The average Bonchev–Trinajstić information content (AvgIpc) is 2.86. The van der Waals surface area contributed by atoms with E-state index in [0.717, 1.165) is 57.5 Å². The summed E-state index contributed by atoms with van der Waals surface area (Å²) in [4.78, 5) is 4.84. The Morgan fingerprint density at radius 3 is 2.51 bits per heavy atom. The van der Waals surface area contributed by atoms with Crippen LogP contribution in [0.4, 0.5) is 0 Å². The number of aliphatic hydroxyl groups is 1. The van der Waals surface area contributed by atoms with Crippen molar-refractivity contribution >= 4 is 0 Å². The molecule has 2 saturated heterocycles. The largest absolute Gasteiger partial charge is 0.489 e. The van der Waals surface area contributed by atoms with E-state index in [1.807, 2.05) is 13.0 Å². The smallest absolute Gasteiger partial charge is 0.124 e. The average molecular weight is 481 g/mol. The Balaban J connectivity index is 1.41. The van der Waals surface area contributed by atoms with Crippen LogP contribution in [0.3, 0.4) is 0 Å². The molecule has 2 heterocycles. The van der Waals surface area contributed by atoms with Crippen LogP contribution < -0.4 is 4.74 Å². The molecule has 0 radical (unpaired) electrons. The maximum Gasteiger partial charge on any atom is 0.124 e. The second-order valence-electron chi connectivity index (χ2n) is 10.9. The maximum absolute atomic E-state index is 10.3. The first-order valence-corrected chi connectivity index (χ1v) is 13.4. The fourth-order valence-corrected chi connectivity index (χ4v) is 5.79. The second kappa shape index (κ2) is 11.9. The molecule has 5 nitrogen and oxygen atoms in total. The molecule has 2 aromatic carbocycles. The summed E-state index contributed by atoms with van der Waals surface area (Å²) in [6.07, 6.45) is 4.98. The van der Waals surface area contributed by atoms with Gasteiger partial charge in [0, 0.05) is 37.2 Å². The lowest BCUT2D eigenvalue weighted by molar-refractivity contribution is -0.167. The van der Waals surface area contributed by atoms with Crippen molar-refractivity contribution in [1.82, 2.24) is 9.80 Å². The third-order valence-electron chi connectivity index (χ3n) is 8.00. The molecular formula is C30H44N2O3.